The molecule has 0 aliphatic heterocycles. The molecule has 1 rings (SSSR count). The molecule has 0 aliphatic carbocycles. The number of thioether (sulfide) groups is 2. The molecule has 5 nitrogen and oxygen atoms in total. The van der Waals surface area contributed by atoms with Crippen LogP contribution in [0.15, 0.2) is 12.1 Å². The monoisotopic (exact) mass is 414 g/mol. The van der Waals surface area contributed by atoms with Crippen LogP contribution in [0.1, 0.15) is 51.3 Å². The highest BCUT2D eigenvalue weighted by Crippen LogP contribution is 2.36. The molecule has 152 valence electrons. The van der Waals surface area contributed by atoms with Gasteiger partial charge in [0.2, 0.25) is 0 Å². The highest BCUT2D eigenvalue weighted by atomic mass is 32.2. The molecule has 0 saturated carbocycles. The third kappa shape index (κ3) is 9.42. The number of benzene rings is 1. The topological polar surface area (TPSA) is 72.8 Å². The largest absolute Gasteiger partial charge is 0.507 e. The van der Waals surface area contributed by atoms with Gasteiger partial charge in [-0.3, -0.25) is 9.59 Å². The third-order valence-corrected chi connectivity index (χ3v) is 5.61. The van der Waals surface area contributed by atoms with E-state index < -0.39 is 0 Å². The SMILES string of the molecule is CC(=O)OCCSCc1cc(CSCCOC(C)=O)c(O)c(C(C)(C)C)c1. The van der Waals surface area contributed by atoms with Crippen LogP contribution in [-0.2, 0) is 36.0 Å². The van der Waals surface area contributed by atoms with Gasteiger partial charge in [0, 0.05) is 42.4 Å². The van der Waals surface area contributed by atoms with Gasteiger partial charge in [-0.25, -0.2) is 0 Å². The van der Waals surface area contributed by atoms with Gasteiger partial charge in [-0.2, -0.15) is 23.5 Å². The summed E-state index contributed by atoms with van der Waals surface area (Å²) in [5, 5.41) is 10.7. The lowest BCUT2D eigenvalue weighted by atomic mass is 9.84. The van der Waals surface area contributed by atoms with E-state index in [2.05, 4.69) is 26.8 Å². The Morgan fingerprint density at radius 1 is 0.963 bits per heavy atom. The zero-order valence-corrected chi connectivity index (χ0v) is 18.4. The molecule has 0 heterocycles. The minimum atomic E-state index is -0.277. The maximum Gasteiger partial charge on any atom is 0.302 e. The van der Waals surface area contributed by atoms with Gasteiger partial charge >= 0.3 is 11.9 Å². The summed E-state index contributed by atoms with van der Waals surface area (Å²) in [5.74, 6) is 2.67. The number of hydrogen-bond donors (Lipinski definition) is 1. The molecule has 27 heavy (non-hydrogen) atoms. The van der Waals surface area contributed by atoms with Crippen LogP contribution in [0, 0.1) is 0 Å². The van der Waals surface area contributed by atoms with Crippen molar-refractivity contribution in [3.8, 4) is 5.75 Å². The molecule has 0 radical (unpaired) electrons. The van der Waals surface area contributed by atoms with Crippen molar-refractivity contribution in [1.82, 2.24) is 0 Å². The van der Waals surface area contributed by atoms with Gasteiger partial charge in [0.05, 0.1) is 0 Å². The molecule has 0 atom stereocenters. The second-order valence-electron chi connectivity index (χ2n) is 7.19. The van der Waals surface area contributed by atoms with Crippen LogP contribution >= 0.6 is 23.5 Å². The molecule has 0 saturated heterocycles. The van der Waals surface area contributed by atoms with Gasteiger partial charge in [0.25, 0.3) is 0 Å². The van der Waals surface area contributed by atoms with Crippen molar-refractivity contribution in [2.75, 3.05) is 24.7 Å². The van der Waals surface area contributed by atoms with E-state index in [4.69, 9.17) is 9.47 Å². The number of carbonyl (C=O) groups is 2. The van der Waals surface area contributed by atoms with Crippen molar-refractivity contribution in [3.63, 3.8) is 0 Å². The first-order valence-corrected chi connectivity index (χ1v) is 11.2. The van der Waals surface area contributed by atoms with Crippen LogP contribution in [0.3, 0.4) is 0 Å². The molecular weight excluding hydrogens is 384 g/mol. The lowest BCUT2D eigenvalue weighted by molar-refractivity contribution is -0.141. The summed E-state index contributed by atoms with van der Waals surface area (Å²) in [6.45, 7) is 9.83. The molecule has 0 bridgehead atoms. The Balaban J connectivity index is 2.75. The van der Waals surface area contributed by atoms with Crippen molar-refractivity contribution in [2.45, 2.75) is 51.5 Å². The van der Waals surface area contributed by atoms with E-state index in [0.717, 1.165) is 28.2 Å². The quantitative estimate of drug-likeness (QED) is 0.452. The zero-order chi connectivity index (χ0) is 20.4. The van der Waals surface area contributed by atoms with Crippen molar-refractivity contribution in [2.24, 2.45) is 0 Å². The number of carbonyl (C=O) groups excluding carboxylic acids is 2. The first-order chi connectivity index (χ1) is 12.6. The van der Waals surface area contributed by atoms with Crippen LogP contribution < -0.4 is 0 Å². The van der Waals surface area contributed by atoms with Gasteiger partial charge < -0.3 is 14.6 Å². The Hall–Kier alpha value is -1.34. The second-order valence-corrected chi connectivity index (χ2v) is 9.40. The van der Waals surface area contributed by atoms with Gasteiger partial charge in [-0.15, -0.1) is 0 Å². The maximum atomic E-state index is 10.8. The van der Waals surface area contributed by atoms with Crippen LogP contribution in [0.25, 0.3) is 0 Å². The van der Waals surface area contributed by atoms with Crippen molar-refractivity contribution in [1.29, 1.82) is 0 Å². The fourth-order valence-electron chi connectivity index (χ4n) is 2.39. The summed E-state index contributed by atoms with van der Waals surface area (Å²) in [6, 6.07) is 4.09. The Morgan fingerprint density at radius 2 is 1.48 bits per heavy atom. The maximum absolute atomic E-state index is 10.8. The summed E-state index contributed by atoms with van der Waals surface area (Å²) < 4.78 is 9.90. The average Bonchev–Trinajstić information content (AvgIpc) is 2.54. The summed E-state index contributed by atoms with van der Waals surface area (Å²) in [5.41, 5.74) is 2.79. The molecular formula is C20H30O5S2. The lowest BCUT2D eigenvalue weighted by Gasteiger charge is -2.23. The van der Waals surface area contributed by atoms with E-state index in [1.165, 1.54) is 13.8 Å². The van der Waals surface area contributed by atoms with E-state index >= 15 is 0 Å². The Bertz CT molecular complexity index is 638. The summed E-state index contributed by atoms with van der Waals surface area (Å²) in [7, 11) is 0. The first-order valence-electron chi connectivity index (χ1n) is 8.88. The Morgan fingerprint density at radius 3 is 1.96 bits per heavy atom. The number of rotatable bonds is 10. The molecule has 0 aromatic heterocycles. The Kier molecular flexibility index (Phi) is 10.1. The zero-order valence-electron chi connectivity index (χ0n) is 16.8. The predicted octanol–water partition coefficient (Wildman–Crippen LogP) is 4.28. The van der Waals surface area contributed by atoms with Crippen LogP contribution in [-0.4, -0.2) is 41.8 Å². The first kappa shape index (κ1) is 23.7. The van der Waals surface area contributed by atoms with E-state index in [9.17, 15) is 14.7 Å². The minimum absolute atomic E-state index is 0.167. The molecule has 0 fully saturated rings. The normalized spacial score (nSPS) is 11.3. The highest BCUT2D eigenvalue weighted by Gasteiger charge is 2.21. The van der Waals surface area contributed by atoms with Crippen LogP contribution in [0.2, 0.25) is 0 Å². The molecule has 1 aromatic rings. The van der Waals surface area contributed by atoms with E-state index in [0.29, 0.717) is 30.5 Å². The van der Waals surface area contributed by atoms with Crippen molar-refractivity contribution >= 4 is 35.5 Å². The smallest absolute Gasteiger partial charge is 0.302 e. The molecule has 7 heteroatoms. The summed E-state index contributed by atoms with van der Waals surface area (Å²) >= 11 is 3.32. The number of phenols is 1. The number of esters is 2. The van der Waals surface area contributed by atoms with E-state index in [-0.39, 0.29) is 17.4 Å². The fraction of sp³-hybridized carbons (Fsp3) is 0.600. The molecule has 1 N–H and O–H groups in total. The number of phenolic OH excluding ortho intramolecular Hbond substituents is 1. The third-order valence-electron chi connectivity index (χ3n) is 3.65. The highest BCUT2D eigenvalue weighted by molar-refractivity contribution is 7.98. The molecule has 0 amide bonds. The van der Waals surface area contributed by atoms with Crippen LogP contribution in [0.5, 0.6) is 5.75 Å². The minimum Gasteiger partial charge on any atom is -0.507 e. The molecule has 1 aromatic carbocycles. The van der Waals surface area contributed by atoms with E-state index in [1.54, 1.807) is 23.5 Å². The Labute approximate surface area is 170 Å². The molecule has 0 aliphatic rings. The standard InChI is InChI=1S/C20H30O5S2/c1-14(21)24-6-8-26-12-16-10-17(13-27-9-7-25-15(2)22)19(23)18(11-16)20(3,4)5/h10-11,23H,6-9,12-13H2,1-5H3. The van der Waals surface area contributed by atoms with Crippen molar-refractivity contribution < 1.29 is 24.2 Å². The lowest BCUT2D eigenvalue weighted by Crippen LogP contribution is -2.13. The fourth-order valence-corrected chi connectivity index (χ4v) is 3.92. The van der Waals surface area contributed by atoms with Gasteiger partial charge in [-0.05, 0) is 16.5 Å². The van der Waals surface area contributed by atoms with Crippen LogP contribution in [0.4, 0.5) is 0 Å². The molecule has 0 spiro atoms. The molecule has 0 unspecified atom stereocenters. The number of aromatic hydroxyl groups is 1. The summed E-state index contributed by atoms with van der Waals surface area (Å²) in [6.07, 6.45) is 0. The predicted molar refractivity (Wildman–Crippen MR) is 112 cm³/mol. The van der Waals surface area contributed by atoms with Gasteiger partial charge in [0.1, 0.15) is 19.0 Å². The average molecular weight is 415 g/mol. The number of hydrogen-bond acceptors (Lipinski definition) is 7. The summed E-state index contributed by atoms with van der Waals surface area (Å²) in [4.78, 5) is 21.6. The number of ether oxygens (including phenoxy) is 2. The van der Waals surface area contributed by atoms with Gasteiger partial charge in [0.15, 0.2) is 0 Å². The second kappa shape index (κ2) is 11.5. The van der Waals surface area contributed by atoms with Gasteiger partial charge in [-0.1, -0.05) is 32.9 Å². The van der Waals surface area contributed by atoms with E-state index in [1.807, 2.05) is 6.07 Å². The van der Waals surface area contributed by atoms with Crippen molar-refractivity contribution in [3.05, 3.63) is 28.8 Å².